The second-order valence-electron chi connectivity index (χ2n) is 7.60. The summed E-state index contributed by atoms with van der Waals surface area (Å²) in [5.41, 5.74) is 3.30. The predicted octanol–water partition coefficient (Wildman–Crippen LogP) is 4.97. The maximum Gasteiger partial charge on any atom is 0.339 e. The van der Waals surface area contributed by atoms with Gasteiger partial charge in [0.1, 0.15) is 23.6 Å². The number of pyridine rings is 1. The van der Waals surface area contributed by atoms with Gasteiger partial charge in [-0.15, -0.1) is 0 Å². The number of halogens is 1. The fourth-order valence-corrected chi connectivity index (χ4v) is 3.73. The van der Waals surface area contributed by atoms with Crippen molar-refractivity contribution in [2.24, 2.45) is 0 Å². The smallest absolute Gasteiger partial charge is 0.339 e. The van der Waals surface area contributed by atoms with E-state index in [0.29, 0.717) is 28.6 Å². The van der Waals surface area contributed by atoms with E-state index in [-0.39, 0.29) is 5.56 Å². The molecule has 2 aromatic carbocycles. The van der Waals surface area contributed by atoms with Crippen LogP contribution in [0.1, 0.15) is 34.5 Å². The summed E-state index contributed by atoms with van der Waals surface area (Å²) in [6.07, 6.45) is 4.19. The zero-order chi connectivity index (χ0) is 22.3. The number of rotatable bonds is 6. The molecule has 6 heteroatoms. The molecule has 1 fully saturated rings. The molecule has 2 heterocycles. The summed E-state index contributed by atoms with van der Waals surface area (Å²) in [5, 5.41) is 10.3. The molecule has 1 N–H and O–H groups in total. The number of aromatic nitrogens is 1. The Kier molecular flexibility index (Phi) is 7.06. The van der Waals surface area contributed by atoms with E-state index < -0.39 is 5.97 Å². The van der Waals surface area contributed by atoms with Crippen LogP contribution in [0.25, 0.3) is 11.1 Å². The van der Waals surface area contributed by atoms with E-state index in [1.54, 1.807) is 24.4 Å². The highest BCUT2D eigenvalue weighted by molar-refractivity contribution is 6.30. The van der Waals surface area contributed by atoms with Gasteiger partial charge in [0.2, 0.25) is 0 Å². The van der Waals surface area contributed by atoms with Crippen molar-refractivity contribution < 1.29 is 14.6 Å². The average Bonchev–Trinajstić information content (AvgIpc) is 3.33. The summed E-state index contributed by atoms with van der Waals surface area (Å²) >= 11 is 5.94. The van der Waals surface area contributed by atoms with Crippen molar-refractivity contribution in [3.63, 3.8) is 0 Å². The first-order valence-corrected chi connectivity index (χ1v) is 10.9. The monoisotopic (exact) mass is 446 g/mol. The SMILES string of the molecule is O=C(O)c1cc(C#Cc2ccc(-c3ccc(Cl)cc3)cn2)ccc1OCCN1CCCC1. The number of carbonyl (C=O) groups is 1. The van der Waals surface area contributed by atoms with E-state index in [4.69, 9.17) is 16.3 Å². The van der Waals surface area contributed by atoms with Gasteiger partial charge >= 0.3 is 5.97 Å². The van der Waals surface area contributed by atoms with Gasteiger partial charge in [-0.05, 0) is 73.8 Å². The number of carboxylic acids is 1. The molecule has 5 nitrogen and oxygen atoms in total. The number of hydrogen-bond donors (Lipinski definition) is 1. The highest BCUT2D eigenvalue weighted by Crippen LogP contribution is 2.22. The Morgan fingerprint density at radius 2 is 1.78 bits per heavy atom. The van der Waals surface area contributed by atoms with E-state index in [2.05, 4.69) is 21.7 Å². The molecule has 162 valence electrons. The van der Waals surface area contributed by atoms with Crippen LogP contribution in [0.15, 0.2) is 60.8 Å². The highest BCUT2D eigenvalue weighted by Gasteiger charge is 2.14. The quantitative estimate of drug-likeness (QED) is 0.541. The lowest BCUT2D eigenvalue weighted by molar-refractivity contribution is 0.0691. The first kappa shape index (κ1) is 21.9. The third-order valence-corrected chi connectivity index (χ3v) is 5.60. The number of ether oxygens (including phenoxy) is 1. The van der Waals surface area contributed by atoms with Crippen LogP contribution in [-0.2, 0) is 0 Å². The maximum absolute atomic E-state index is 11.7. The summed E-state index contributed by atoms with van der Waals surface area (Å²) < 4.78 is 5.75. The van der Waals surface area contributed by atoms with Crippen LogP contribution in [-0.4, -0.2) is 47.2 Å². The van der Waals surface area contributed by atoms with Gasteiger partial charge in [-0.25, -0.2) is 9.78 Å². The number of aromatic carboxylic acids is 1. The zero-order valence-corrected chi connectivity index (χ0v) is 18.3. The molecule has 0 unspecified atom stereocenters. The highest BCUT2D eigenvalue weighted by atomic mass is 35.5. The molecular formula is C26H23ClN2O3. The first-order valence-electron chi connectivity index (χ1n) is 10.5. The van der Waals surface area contributed by atoms with E-state index in [9.17, 15) is 9.90 Å². The summed E-state index contributed by atoms with van der Waals surface area (Å²) in [7, 11) is 0. The minimum absolute atomic E-state index is 0.115. The van der Waals surface area contributed by atoms with Crippen LogP contribution in [0, 0.1) is 11.8 Å². The Morgan fingerprint density at radius 1 is 1.03 bits per heavy atom. The van der Waals surface area contributed by atoms with Crippen LogP contribution in [0.5, 0.6) is 5.75 Å². The van der Waals surface area contributed by atoms with Gasteiger partial charge in [0.15, 0.2) is 0 Å². The van der Waals surface area contributed by atoms with Gasteiger partial charge in [-0.2, -0.15) is 0 Å². The Labute approximate surface area is 192 Å². The number of carboxylic acid groups (broad SMARTS) is 1. The van der Waals surface area contributed by atoms with Crippen LogP contribution >= 0.6 is 11.6 Å². The summed E-state index contributed by atoms with van der Waals surface area (Å²) in [4.78, 5) is 18.4. The van der Waals surface area contributed by atoms with Crippen molar-refractivity contribution >= 4 is 17.6 Å². The van der Waals surface area contributed by atoms with Gasteiger partial charge in [0.25, 0.3) is 0 Å². The van der Waals surface area contributed by atoms with Crippen molar-refractivity contribution in [1.29, 1.82) is 0 Å². The Morgan fingerprint density at radius 3 is 2.47 bits per heavy atom. The van der Waals surface area contributed by atoms with Crippen LogP contribution < -0.4 is 4.74 Å². The summed E-state index contributed by atoms with van der Waals surface area (Å²) in [6.45, 7) is 3.43. The molecule has 1 aromatic heterocycles. The van der Waals surface area contributed by atoms with Gasteiger partial charge in [-0.3, -0.25) is 4.90 Å². The fourth-order valence-electron chi connectivity index (χ4n) is 3.61. The molecule has 0 bridgehead atoms. The number of hydrogen-bond acceptors (Lipinski definition) is 4. The Balaban J connectivity index is 1.44. The van der Waals surface area contributed by atoms with E-state index in [0.717, 1.165) is 30.8 Å². The third-order valence-electron chi connectivity index (χ3n) is 5.35. The minimum atomic E-state index is -1.03. The standard InChI is InChI=1S/C26H23ClN2O3/c27-22-8-5-20(6-9-22)21-7-11-23(28-18-21)10-3-19-4-12-25(24(17-19)26(30)31)32-16-15-29-13-1-2-14-29/h4-9,11-12,17-18H,1-2,13-16H2,(H,30,31). The van der Waals surface area contributed by atoms with E-state index in [1.165, 1.54) is 12.8 Å². The molecule has 4 rings (SSSR count). The molecule has 0 atom stereocenters. The molecule has 0 aliphatic carbocycles. The molecule has 1 saturated heterocycles. The lowest BCUT2D eigenvalue weighted by Gasteiger charge is -2.15. The van der Waals surface area contributed by atoms with Gasteiger partial charge in [-0.1, -0.05) is 35.7 Å². The van der Waals surface area contributed by atoms with Crippen LogP contribution in [0.4, 0.5) is 0 Å². The van der Waals surface area contributed by atoms with Gasteiger partial charge < -0.3 is 9.84 Å². The summed E-state index contributed by atoms with van der Waals surface area (Å²) in [5.74, 6) is 5.32. The lowest BCUT2D eigenvalue weighted by atomic mass is 10.1. The second kappa shape index (κ2) is 10.3. The molecule has 3 aromatic rings. The number of likely N-dealkylation sites (tertiary alicyclic amines) is 1. The van der Waals surface area contributed by atoms with Crippen LogP contribution in [0.3, 0.4) is 0 Å². The van der Waals surface area contributed by atoms with Gasteiger partial charge in [0, 0.05) is 28.9 Å². The topological polar surface area (TPSA) is 62.7 Å². The minimum Gasteiger partial charge on any atom is -0.491 e. The summed E-state index contributed by atoms with van der Waals surface area (Å²) in [6, 6.07) is 16.3. The Hall–Kier alpha value is -3.33. The molecule has 0 amide bonds. The van der Waals surface area contributed by atoms with Crippen molar-refractivity contribution in [2.45, 2.75) is 12.8 Å². The molecule has 1 aliphatic heterocycles. The second-order valence-corrected chi connectivity index (χ2v) is 8.04. The number of benzene rings is 2. The van der Waals surface area contributed by atoms with E-state index >= 15 is 0 Å². The van der Waals surface area contributed by atoms with E-state index in [1.807, 2.05) is 36.4 Å². The fraction of sp³-hybridized carbons (Fsp3) is 0.231. The molecule has 32 heavy (non-hydrogen) atoms. The van der Waals surface area contributed by atoms with Crippen molar-refractivity contribution in [1.82, 2.24) is 9.88 Å². The number of nitrogens with zero attached hydrogens (tertiary/aromatic N) is 2. The predicted molar refractivity (Wildman–Crippen MR) is 125 cm³/mol. The first-order chi connectivity index (χ1) is 15.6. The zero-order valence-electron chi connectivity index (χ0n) is 17.6. The largest absolute Gasteiger partial charge is 0.491 e. The Bertz CT molecular complexity index is 1140. The van der Waals surface area contributed by atoms with Crippen LogP contribution in [0.2, 0.25) is 5.02 Å². The lowest BCUT2D eigenvalue weighted by Crippen LogP contribution is -2.25. The average molecular weight is 447 g/mol. The van der Waals surface area contributed by atoms with Crippen molar-refractivity contribution in [3.05, 3.63) is 82.6 Å². The maximum atomic E-state index is 11.7. The molecule has 0 spiro atoms. The molecule has 0 radical (unpaired) electrons. The molecular weight excluding hydrogens is 424 g/mol. The van der Waals surface area contributed by atoms with Crippen molar-refractivity contribution in [2.75, 3.05) is 26.2 Å². The van der Waals surface area contributed by atoms with Gasteiger partial charge in [0.05, 0.1) is 0 Å². The molecule has 1 aliphatic rings. The normalized spacial score (nSPS) is 13.4. The van der Waals surface area contributed by atoms with Crippen molar-refractivity contribution in [3.8, 4) is 28.7 Å². The molecule has 0 saturated carbocycles. The third kappa shape index (κ3) is 5.67.